The largest absolute Gasteiger partial charge is 0.355 e. The average molecular weight is 242 g/mol. The Labute approximate surface area is 99.0 Å². The maximum atomic E-state index is 13.2. The zero-order valence-electron chi connectivity index (χ0n) is 9.67. The van der Waals surface area contributed by atoms with Crippen LogP contribution >= 0.6 is 0 Å². The van der Waals surface area contributed by atoms with Crippen molar-refractivity contribution in [3.8, 4) is 0 Å². The summed E-state index contributed by atoms with van der Waals surface area (Å²) in [4.78, 5) is 11.4. The Bertz CT molecular complexity index is 396. The fraction of sp³-hybridized carbons (Fsp3) is 0.417. The van der Waals surface area contributed by atoms with Crippen molar-refractivity contribution in [3.05, 3.63) is 35.4 Å². The standard InChI is InChI=1S/C12H16F2N2O/c1-8(7-15)12(17)16-5-4-9-2-3-10(13)6-11(9)14/h2-3,6,8H,4-5,7,15H2,1H3,(H,16,17). The fourth-order valence-electron chi connectivity index (χ4n) is 1.33. The highest BCUT2D eigenvalue weighted by atomic mass is 19.1. The molecule has 0 heterocycles. The summed E-state index contributed by atoms with van der Waals surface area (Å²) in [5.41, 5.74) is 5.72. The van der Waals surface area contributed by atoms with Gasteiger partial charge in [-0.05, 0) is 18.1 Å². The van der Waals surface area contributed by atoms with Crippen LogP contribution in [0.15, 0.2) is 18.2 Å². The summed E-state index contributed by atoms with van der Waals surface area (Å²) < 4.78 is 25.9. The molecule has 0 bridgehead atoms. The summed E-state index contributed by atoms with van der Waals surface area (Å²) >= 11 is 0. The van der Waals surface area contributed by atoms with E-state index < -0.39 is 11.6 Å². The average Bonchev–Trinajstić information content (AvgIpc) is 2.30. The van der Waals surface area contributed by atoms with E-state index in [1.807, 2.05) is 0 Å². The summed E-state index contributed by atoms with van der Waals surface area (Å²) in [7, 11) is 0. The molecule has 94 valence electrons. The van der Waals surface area contributed by atoms with Crippen molar-refractivity contribution in [1.82, 2.24) is 5.32 Å². The first-order valence-electron chi connectivity index (χ1n) is 5.46. The number of rotatable bonds is 5. The van der Waals surface area contributed by atoms with Gasteiger partial charge in [0.2, 0.25) is 5.91 Å². The third-order valence-electron chi connectivity index (χ3n) is 2.51. The van der Waals surface area contributed by atoms with E-state index in [1.54, 1.807) is 6.92 Å². The Morgan fingerprint density at radius 1 is 1.47 bits per heavy atom. The molecule has 3 nitrogen and oxygen atoms in total. The predicted octanol–water partition coefficient (Wildman–Crippen LogP) is 1.22. The van der Waals surface area contributed by atoms with E-state index in [1.165, 1.54) is 12.1 Å². The first kappa shape index (κ1) is 13.6. The van der Waals surface area contributed by atoms with Gasteiger partial charge in [-0.2, -0.15) is 0 Å². The number of nitrogens with two attached hydrogens (primary N) is 1. The number of carbonyl (C=O) groups is 1. The smallest absolute Gasteiger partial charge is 0.224 e. The molecule has 1 amide bonds. The maximum absolute atomic E-state index is 13.2. The van der Waals surface area contributed by atoms with Crippen LogP contribution in [0.4, 0.5) is 8.78 Å². The minimum atomic E-state index is -0.605. The summed E-state index contributed by atoms with van der Waals surface area (Å²) in [6.45, 7) is 2.30. The van der Waals surface area contributed by atoms with Crippen LogP contribution in [-0.2, 0) is 11.2 Å². The molecule has 0 aliphatic heterocycles. The van der Waals surface area contributed by atoms with Crippen LogP contribution in [0.5, 0.6) is 0 Å². The molecule has 5 heteroatoms. The van der Waals surface area contributed by atoms with Gasteiger partial charge in [-0.25, -0.2) is 8.78 Å². The van der Waals surface area contributed by atoms with Crippen LogP contribution in [0, 0.1) is 17.6 Å². The van der Waals surface area contributed by atoms with Gasteiger partial charge < -0.3 is 11.1 Å². The topological polar surface area (TPSA) is 55.1 Å². The molecule has 0 fully saturated rings. The molecule has 0 aromatic heterocycles. The number of halogens is 2. The Morgan fingerprint density at radius 3 is 2.76 bits per heavy atom. The lowest BCUT2D eigenvalue weighted by Crippen LogP contribution is -2.34. The number of amides is 1. The molecule has 0 spiro atoms. The molecule has 1 aromatic carbocycles. The maximum Gasteiger partial charge on any atom is 0.224 e. The highest BCUT2D eigenvalue weighted by Gasteiger charge is 2.10. The van der Waals surface area contributed by atoms with Gasteiger partial charge in [-0.15, -0.1) is 0 Å². The van der Waals surface area contributed by atoms with Crippen LogP contribution < -0.4 is 11.1 Å². The monoisotopic (exact) mass is 242 g/mol. The van der Waals surface area contributed by atoms with E-state index >= 15 is 0 Å². The molecule has 3 N–H and O–H groups in total. The van der Waals surface area contributed by atoms with Gasteiger partial charge in [0.25, 0.3) is 0 Å². The third kappa shape index (κ3) is 4.11. The van der Waals surface area contributed by atoms with E-state index in [4.69, 9.17) is 5.73 Å². The normalized spacial score (nSPS) is 12.2. The van der Waals surface area contributed by atoms with Crippen LogP contribution in [-0.4, -0.2) is 19.0 Å². The van der Waals surface area contributed by atoms with Crippen LogP contribution in [0.2, 0.25) is 0 Å². The van der Waals surface area contributed by atoms with E-state index in [0.717, 1.165) is 6.07 Å². The molecule has 0 aliphatic carbocycles. The number of hydrogen-bond acceptors (Lipinski definition) is 2. The zero-order chi connectivity index (χ0) is 12.8. The molecular formula is C12H16F2N2O. The van der Waals surface area contributed by atoms with Crippen molar-refractivity contribution >= 4 is 5.91 Å². The zero-order valence-corrected chi connectivity index (χ0v) is 9.67. The van der Waals surface area contributed by atoms with Gasteiger partial charge in [0, 0.05) is 25.1 Å². The second-order valence-electron chi connectivity index (χ2n) is 3.91. The molecule has 0 saturated heterocycles. The molecule has 17 heavy (non-hydrogen) atoms. The Balaban J connectivity index is 2.43. The number of carbonyl (C=O) groups excluding carboxylic acids is 1. The highest BCUT2D eigenvalue weighted by molar-refractivity contribution is 5.78. The van der Waals surface area contributed by atoms with Gasteiger partial charge >= 0.3 is 0 Å². The second kappa shape index (κ2) is 6.30. The SMILES string of the molecule is CC(CN)C(=O)NCCc1ccc(F)cc1F. The van der Waals surface area contributed by atoms with Gasteiger partial charge in [0.15, 0.2) is 0 Å². The lowest BCUT2D eigenvalue weighted by atomic mass is 10.1. The summed E-state index contributed by atoms with van der Waals surface area (Å²) in [5, 5.41) is 2.64. The van der Waals surface area contributed by atoms with Crippen LogP contribution in [0.1, 0.15) is 12.5 Å². The summed E-state index contributed by atoms with van der Waals surface area (Å²) in [5.74, 6) is -1.61. The van der Waals surface area contributed by atoms with E-state index in [9.17, 15) is 13.6 Å². The van der Waals surface area contributed by atoms with Gasteiger partial charge in [-0.3, -0.25) is 4.79 Å². The molecule has 1 rings (SSSR count). The van der Waals surface area contributed by atoms with Gasteiger partial charge in [0.05, 0.1) is 0 Å². The molecule has 0 saturated carbocycles. The minimum Gasteiger partial charge on any atom is -0.355 e. The molecule has 0 radical (unpaired) electrons. The van der Waals surface area contributed by atoms with Crippen LogP contribution in [0.3, 0.4) is 0 Å². The minimum absolute atomic E-state index is 0.157. The van der Waals surface area contributed by atoms with E-state index in [2.05, 4.69) is 5.32 Å². The van der Waals surface area contributed by atoms with Crippen molar-refractivity contribution in [1.29, 1.82) is 0 Å². The lowest BCUT2D eigenvalue weighted by molar-refractivity contribution is -0.124. The van der Waals surface area contributed by atoms with E-state index in [0.29, 0.717) is 18.5 Å². The van der Waals surface area contributed by atoms with Crippen molar-refractivity contribution in [2.24, 2.45) is 11.7 Å². The van der Waals surface area contributed by atoms with Gasteiger partial charge in [0.1, 0.15) is 11.6 Å². The molecule has 1 aromatic rings. The van der Waals surface area contributed by atoms with Crippen molar-refractivity contribution < 1.29 is 13.6 Å². The second-order valence-corrected chi connectivity index (χ2v) is 3.91. The first-order valence-corrected chi connectivity index (χ1v) is 5.46. The predicted molar refractivity (Wildman–Crippen MR) is 61.3 cm³/mol. The first-order chi connectivity index (χ1) is 8.04. The van der Waals surface area contributed by atoms with Gasteiger partial charge in [-0.1, -0.05) is 13.0 Å². The van der Waals surface area contributed by atoms with Crippen LogP contribution in [0.25, 0.3) is 0 Å². The molecule has 1 unspecified atom stereocenters. The number of benzene rings is 1. The highest BCUT2D eigenvalue weighted by Crippen LogP contribution is 2.09. The quantitative estimate of drug-likeness (QED) is 0.815. The van der Waals surface area contributed by atoms with Crippen molar-refractivity contribution in [2.45, 2.75) is 13.3 Å². The fourth-order valence-corrected chi connectivity index (χ4v) is 1.33. The molecule has 0 aliphatic rings. The number of nitrogens with one attached hydrogen (secondary N) is 1. The Morgan fingerprint density at radius 2 is 2.18 bits per heavy atom. The van der Waals surface area contributed by atoms with Crippen molar-refractivity contribution in [3.63, 3.8) is 0 Å². The molecular weight excluding hydrogens is 226 g/mol. The third-order valence-corrected chi connectivity index (χ3v) is 2.51. The van der Waals surface area contributed by atoms with Crippen molar-refractivity contribution in [2.75, 3.05) is 13.1 Å². The number of hydrogen-bond donors (Lipinski definition) is 2. The Hall–Kier alpha value is -1.49. The Kier molecular flexibility index (Phi) is 5.03. The lowest BCUT2D eigenvalue weighted by Gasteiger charge is -2.10. The molecule has 1 atom stereocenters. The summed E-state index contributed by atoms with van der Waals surface area (Å²) in [6.07, 6.45) is 0.329. The summed E-state index contributed by atoms with van der Waals surface area (Å²) in [6, 6.07) is 3.41. The van der Waals surface area contributed by atoms with E-state index in [-0.39, 0.29) is 18.4 Å².